The molecule has 4 nitrogen and oxygen atoms in total. The van der Waals surface area contributed by atoms with Crippen LogP contribution in [0.2, 0.25) is 0 Å². The summed E-state index contributed by atoms with van der Waals surface area (Å²) in [6, 6.07) is 0. The summed E-state index contributed by atoms with van der Waals surface area (Å²) in [5.41, 5.74) is 0. The van der Waals surface area contributed by atoms with Crippen molar-refractivity contribution in [2.45, 2.75) is 39.4 Å². The Morgan fingerprint density at radius 2 is 1.72 bits per heavy atom. The summed E-state index contributed by atoms with van der Waals surface area (Å²) in [4.78, 5) is 2.07. The number of nitrogens with zero attached hydrogens (tertiary/aromatic N) is 1. The van der Waals surface area contributed by atoms with Gasteiger partial charge in [0.05, 0.1) is 10.5 Å². The van der Waals surface area contributed by atoms with Gasteiger partial charge in [-0.15, -0.1) is 0 Å². The maximum Gasteiger partial charge on any atom is 0.156 e. The van der Waals surface area contributed by atoms with Gasteiger partial charge in [0, 0.05) is 19.6 Å². The van der Waals surface area contributed by atoms with Crippen LogP contribution in [0.15, 0.2) is 0 Å². The van der Waals surface area contributed by atoms with Gasteiger partial charge in [-0.3, -0.25) is 0 Å². The third kappa shape index (κ3) is 7.34. The highest BCUT2D eigenvalue weighted by Crippen LogP contribution is 2.15. The minimum atomic E-state index is -3.00. The van der Waals surface area contributed by atoms with Gasteiger partial charge in [-0.05, 0) is 40.3 Å². The molecule has 0 saturated heterocycles. The lowest BCUT2D eigenvalue weighted by Gasteiger charge is -2.22. The number of hydrogen-bond acceptors (Lipinski definition) is 4. The Hall–Kier alpha value is -0.130. The fraction of sp³-hybridized carbons (Fsp3) is 1.00. The van der Waals surface area contributed by atoms with Crippen molar-refractivity contribution in [1.29, 1.82) is 0 Å². The van der Waals surface area contributed by atoms with Crippen molar-refractivity contribution < 1.29 is 8.42 Å². The number of hydrogen-bond donors (Lipinski definition) is 1. The van der Waals surface area contributed by atoms with Gasteiger partial charge in [-0.2, -0.15) is 0 Å². The summed E-state index contributed by atoms with van der Waals surface area (Å²) in [5, 5.41) is 3.35. The summed E-state index contributed by atoms with van der Waals surface area (Å²) in [7, 11) is -1.03. The Labute approximate surface area is 113 Å². The molecule has 0 aliphatic carbocycles. The monoisotopic (exact) mass is 278 g/mol. The smallest absolute Gasteiger partial charge is 0.156 e. The van der Waals surface area contributed by atoms with E-state index in [2.05, 4.69) is 24.1 Å². The Kier molecular flexibility index (Phi) is 7.40. The largest absolute Gasteiger partial charge is 0.315 e. The van der Waals surface area contributed by atoms with E-state index in [0.29, 0.717) is 12.5 Å². The van der Waals surface area contributed by atoms with Crippen molar-refractivity contribution in [3.8, 4) is 0 Å². The zero-order chi connectivity index (χ0) is 14.4. The molecule has 0 saturated carbocycles. The number of sulfone groups is 1. The van der Waals surface area contributed by atoms with E-state index in [9.17, 15) is 8.42 Å². The van der Waals surface area contributed by atoms with Gasteiger partial charge in [0.15, 0.2) is 9.84 Å². The minimum Gasteiger partial charge on any atom is -0.315 e. The molecule has 0 aromatic heterocycles. The van der Waals surface area contributed by atoms with Crippen LogP contribution in [0.25, 0.3) is 0 Å². The van der Waals surface area contributed by atoms with Gasteiger partial charge in [0.1, 0.15) is 0 Å². The van der Waals surface area contributed by atoms with E-state index in [0.717, 1.165) is 19.6 Å². The van der Waals surface area contributed by atoms with E-state index in [1.54, 1.807) is 20.8 Å². The molecule has 0 unspecified atom stereocenters. The number of nitrogens with one attached hydrogen (secondary N) is 1. The van der Waals surface area contributed by atoms with Gasteiger partial charge in [0.25, 0.3) is 0 Å². The molecule has 0 aromatic rings. The average Bonchev–Trinajstić information content (AvgIpc) is 2.19. The normalized spacial score (nSPS) is 13.6. The Morgan fingerprint density at radius 1 is 1.17 bits per heavy atom. The molecule has 0 radical (unpaired) electrons. The van der Waals surface area contributed by atoms with E-state index in [1.165, 1.54) is 0 Å². The average molecular weight is 278 g/mol. The zero-order valence-electron chi connectivity index (χ0n) is 12.8. The molecule has 1 N–H and O–H groups in total. The van der Waals surface area contributed by atoms with Gasteiger partial charge >= 0.3 is 0 Å². The summed E-state index contributed by atoms with van der Waals surface area (Å²) < 4.78 is 23.2. The minimum absolute atomic E-state index is 0.233. The lowest BCUT2D eigenvalue weighted by molar-refractivity contribution is 0.345. The maximum absolute atomic E-state index is 11.9. The highest BCUT2D eigenvalue weighted by atomic mass is 32.2. The predicted molar refractivity (Wildman–Crippen MR) is 78.7 cm³/mol. The van der Waals surface area contributed by atoms with Crippen molar-refractivity contribution in [2.75, 3.05) is 39.0 Å². The quantitative estimate of drug-likeness (QED) is 0.682. The van der Waals surface area contributed by atoms with Crippen molar-refractivity contribution in [1.82, 2.24) is 10.2 Å². The van der Waals surface area contributed by atoms with E-state index in [4.69, 9.17) is 0 Å². The van der Waals surface area contributed by atoms with Crippen LogP contribution < -0.4 is 5.32 Å². The molecule has 0 atom stereocenters. The summed E-state index contributed by atoms with van der Waals surface area (Å²) >= 11 is 0. The second-order valence-corrected chi connectivity index (χ2v) is 9.19. The molecule has 0 fully saturated rings. The first-order valence-corrected chi connectivity index (χ1v) is 8.33. The van der Waals surface area contributed by atoms with Gasteiger partial charge < -0.3 is 10.2 Å². The molecule has 0 rings (SSSR count). The fourth-order valence-corrected chi connectivity index (χ4v) is 2.52. The molecule has 0 bridgehead atoms. The van der Waals surface area contributed by atoms with Crippen LogP contribution in [0.3, 0.4) is 0 Å². The standard InChI is InChI=1S/C13H30N2O2S/c1-12(2)11-14-7-8-15(6)9-10-18(16,17)13(3,4)5/h12,14H,7-11H2,1-6H3. The first kappa shape index (κ1) is 17.9. The first-order valence-electron chi connectivity index (χ1n) is 6.68. The molecule has 0 aromatic carbocycles. The van der Waals surface area contributed by atoms with E-state index >= 15 is 0 Å². The molecule has 0 aliphatic heterocycles. The fourth-order valence-electron chi connectivity index (χ4n) is 1.35. The second-order valence-electron chi connectivity index (χ2n) is 6.33. The van der Waals surface area contributed by atoms with Gasteiger partial charge in [-0.1, -0.05) is 13.8 Å². The molecule has 18 heavy (non-hydrogen) atoms. The zero-order valence-corrected chi connectivity index (χ0v) is 13.6. The molecule has 5 heteroatoms. The molecular formula is C13H30N2O2S. The predicted octanol–water partition coefficient (Wildman–Crippen LogP) is 1.38. The van der Waals surface area contributed by atoms with Gasteiger partial charge in [0.2, 0.25) is 0 Å². The summed E-state index contributed by atoms with van der Waals surface area (Å²) in [6.07, 6.45) is 0. The van der Waals surface area contributed by atoms with Crippen LogP contribution in [-0.2, 0) is 9.84 Å². The third-order valence-corrected chi connectivity index (χ3v) is 5.48. The van der Waals surface area contributed by atoms with Crippen LogP contribution in [0.1, 0.15) is 34.6 Å². The Bertz CT molecular complexity index is 318. The maximum atomic E-state index is 11.9. The van der Waals surface area contributed by atoms with Crippen molar-refractivity contribution >= 4 is 9.84 Å². The summed E-state index contributed by atoms with van der Waals surface area (Å²) in [6.45, 7) is 13.0. The van der Waals surface area contributed by atoms with Gasteiger partial charge in [-0.25, -0.2) is 8.42 Å². The number of likely N-dealkylation sites (N-methyl/N-ethyl adjacent to an activating group) is 1. The molecular weight excluding hydrogens is 248 g/mol. The van der Waals surface area contributed by atoms with Crippen molar-refractivity contribution in [3.05, 3.63) is 0 Å². The van der Waals surface area contributed by atoms with E-state index in [-0.39, 0.29) is 5.75 Å². The molecule has 0 spiro atoms. The molecule has 110 valence electrons. The van der Waals surface area contributed by atoms with Crippen LogP contribution in [0, 0.1) is 5.92 Å². The third-order valence-electron chi connectivity index (χ3n) is 2.90. The van der Waals surface area contributed by atoms with Crippen LogP contribution in [0.4, 0.5) is 0 Å². The van der Waals surface area contributed by atoms with Crippen LogP contribution in [0.5, 0.6) is 0 Å². The highest BCUT2D eigenvalue weighted by Gasteiger charge is 2.28. The molecule has 0 heterocycles. The topological polar surface area (TPSA) is 49.4 Å². The SMILES string of the molecule is CC(C)CNCCN(C)CCS(=O)(=O)C(C)(C)C. The van der Waals surface area contributed by atoms with E-state index < -0.39 is 14.6 Å². The van der Waals surface area contributed by atoms with Crippen LogP contribution in [-0.4, -0.2) is 57.0 Å². The first-order chi connectivity index (χ1) is 8.06. The Morgan fingerprint density at radius 3 is 2.17 bits per heavy atom. The van der Waals surface area contributed by atoms with E-state index in [1.807, 2.05) is 7.05 Å². The second kappa shape index (κ2) is 7.46. The lowest BCUT2D eigenvalue weighted by atomic mass is 10.2. The lowest BCUT2D eigenvalue weighted by Crippen LogP contribution is -2.37. The van der Waals surface area contributed by atoms with Crippen molar-refractivity contribution in [3.63, 3.8) is 0 Å². The highest BCUT2D eigenvalue weighted by molar-refractivity contribution is 7.92. The Balaban J connectivity index is 3.88. The summed E-state index contributed by atoms with van der Waals surface area (Å²) in [5.74, 6) is 0.883. The van der Waals surface area contributed by atoms with Crippen LogP contribution >= 0.6 is 0 Å². The molecule has 0 amide bonds. The number of rotatable bonds is 8. The van der Waals surface area contributed by atoms with Crippen molar-refractivity contribution in [2.24, 2.45) is 5.92 Å². The molecule has 0 aliphatic rings.